The lowest BCUT2D eigenvalue weighted by atomic mass is 9.87. The first-order valence-corrected chi connectivity index (χ1v) is 10.2. The van der Waals surface area contributed by atoms with Gasteiger partial charge in [0, 0.05) is 18.7 Å². The number of nitrogens with zero attached hydrogens (tertiary/aromatic N) is 3. The molecule has 2 heterocycles. The number of rotatable bonds is 4. The minimum atomic E-state index is 0.112. The number of aromatic nitrogens is 2. The maximum Gasteiger partial charge on any atom is 0.277 e. The van der Waals surface area contributed by atoms with Crippen molar-refractivity contribution in [3.8, 4) is 11.5 Å². The van der Waals surface area contributed by atoms with Gasteiger partial charge in [-0.25, -0.2) is 0 Å². The smallest absolute Gasteiger partial charge is 0.277 e. The summed E-state index contributed by atoms with van der Waals surface area (Å²) in [6, 6.07) is 8.19. The molecule has 5 nitrogen and oxygen atoms in total. The molecule has 1 aromatic heterocycles. The number of hydrogen-bond donors (Lipinski definition) is 0. The van der Waals surface area contributed by atoms with Gasteiger partial charge in [0.15, 0.2) is 0 Å². The van der Waals surface area contributed by atoms with Crippen LogP contribution in [0.4, 0.5) is 0 Å². The van der Waals surface area contributed by atoms with E-state index in [1.54, 1.807) is 0 Å². The van der Waals surface area contributed by atoms with Crippen LogP contribution >= 0.6 is 11.8 Å². The average Bonchev–Trinajstić information content (AvgIpc) is 3.08. The molecular formula is C20H27N3O2S. The molecule has 1 atom stereocenters. The van der Waals surface area contributed by atoms with E-state index in [1.165, 1.54) is 23.7 Å². The Hall–Kier alpha value is -1.82. The van der Waals surface area contributed by atoms with Crippen LogP contribution in [-0.2, 0) is 10.2 Å². The third-order valence-corrected chi connectivity index (χ3v) is 5.54. The van der Waals surface area contributed by atoms with Crippen LogP contribution in [0.3, 0.4) is 0 Å². The number of carbonyl (C=O) groups excluding carboxylic acids is 1. The van der Waals surface area contributed by atoms with Crippen molar-refractivity contribution in [2.24, 2.45) is 5.92 Å². The Morgan fingerprint density at radius 1 is 1.27 bits per heavy atom. The van der Waals surface area contributed by atoms with Crippen LogP contribution in [0.5, 0.6) is 0 Å². The molecule has 6 heteroatoms. The second kappa shape index (κ2) is 7.82. The standard InChI is InChI=1S/C20H27N3O2S/c1-14-6-5-11-23(12-14)17(24)13-26-19-22-21-18(25-19)15-7-9-16(10-8-15)20(2,3)4/h7-10,14H,5-6,11-13H2,1-4H3/t14-/m1/s1. The van der Waals surface area contributed by atoms with E-state index >= 15 is 0 Å². The fraction of sp³-hybridized carbons (Fsp3) is 0.550. The van der Waals surface area contributed by atoms with Gasteiger partial charge >= 0.3 is 0 Å². The topological polar surface area (TPSA) is 59.2 Å². The molecule has 1 aliphatic rings. The predicted octanol–water partition coefficient (Wildman–Crippen LogP) is 4.38. The number of piperidine rings is 1. The fourth-order valence-corrected chi connectivity index (χ4v) is 3.79. The molecule has 0 saturated carbocycles. The Morgan fingerprint density at radius 3 is 2.65 bits per heavy atom. The lowest BCUT2D eigenvalue weighted by molar-refractivity contribution is -0.130. The van der Waals surface area contributed by atoms with Crippen molar-refractivity contribution in [2.45, 2.75) is 51.2 Å². The molecule has 1 fully saturated rings. The van der Waals surface area contributed by atoms with Gasteiger partial charge < -0.3 is 9.32 Å². The van der Waals surface area contributed by atoms with E-state index in [2.05, 4.69) is 50.0 Å². The molecule has 0 N–H and O–H groups in total. The van der Waals surface area contributed by atoms with Crippen LogP contribution in [0.2, 0.25) is 0 Å². The highest BCUT2D eigenvalue weighted by Crippen LogP contribution is 2.27. The van der Waals surface area contributed by atoms with E-state index in [1.807, 2.05) is 17.0 Å². The summed E-state index contributed by atoms with van der Waals surface area (Å²) in [5.41, 5.74) is 2.27. The zero-order valence-electron chi connectivity index (χ0n) is 16.0. The van der Waals surface area contributed by atoms with E-state index < -0.39 is 0 Å². The minimum absolute atomic E-state index is 0.112. The molecule has 0 spiro atoms. The Balaban J connectivity index is 1.58. The van der Waals surface area contributed by atoms with Crippen LogP contribution < -0.4 is 0 Å². The molecule has 140 valence electrons. The quantitative estimate of drug-likeness (QED) is 0.744. The van der Waals surface area contributed by atoms with Crippen LogP contribution in [0, 0.1) is 5.92 Å². The van der Waals surface area contributed by atoms with Crippen molar-refractivity contribution in [3.63, 3.8) is 0 Å². The Bertz CT molecular complexity index is 749. The number of amides is 1. The van der Waals surface area contributed by atoms with E-state index in [4.69, 9.17) is 4.42 Å². The van der Waals surface area contributed by atoms with E-state index in [9.17, 15) is 4.79 Å². The highest BCUT2D eigenvalue weighted by molar-refractivity contribution is 7.99. The summed E-state index contributed by atoms with van der Waals surface area (Å²) in [5.74, 6) is 1.57. The molecule has 1 aromatic carbocycles. The Kier molecular flexibility index (Phi) is 5.70. The molecule has 26 heavy (non-hydrogen) atoms. The molecule has 0 aliphatic carbocycles. The van der Waals surface area contributed by atoms with Crippen molar-refractivity contribution in [2.75, 3.05) is 18.8 Å². The van der Waals surface area contributed by atoms with Gasteiger partial charge in [-0.1, -0.05) is 51.6 Å². The van der Waals surface area contributed by atoms with Gasteiger partial charge in [-0.2, -0.15) is 0 Å². The number of carbonyl (C=O) groups is 1. The van der Waals surface area contributed by atoms with Crippen molar-refractivity contribution in [3.05, 3.63) is 29.8 Å². The summed E-state index contributed by atoms with van der Waals surface area (Å²) in [4.78, 5) is 14.3. The number of benzene rings is 1. The summed E-state index contributed by atoms with van der Waals surface area (Å²) in [7, 11) is 0. The SMILES string of the molecule is C[C@@H]1CCCN(C(=O)CSc2nnc(-c3ccc(C(C)(C)C)cc3)o2)C1. The summed E-state index contributed by atoms with van der Waals surface area (Å²) >= 11 is 1.31. The molecule has 0 unspecified atom stereocenters. The molecule has 1 saturated heterocycles. The lowest BCUT2D eigenvalue weighted by Gasteiger charge is -2.30. The maximum atomic E-state index is 12.3. The monoisotopic (exact) mass is 373 g/mol. The number of likely N-dealkylation sites (tertiary alicyclic amines) is 1. The highest BCUT2D eigenvalue weighted by Gasteiger charge is 2.22. The zero-order chi connectivity index (χ0) is 18.7. The minimum Gasteiger partial charge on any atom is -0.411 e. The maximum absolute atomic E-state index is 12.3. The Labute approximate surface area is 159 Å². The first-order chi connectivity index (χ1) is 12.3. The van der Waals surface area contributed by atoms with Gasteiger partial charge in [0.25, 0.3) is 5.22 Å². The van der Waals surface area contributed by atoms with Crippen molar-refractivity contribution < 1.29 is 9.21 Å². The summed E-state index contributed by atoms with van der Waals surface area (Å²) in [6.45, 7) is 10.5. The molecule has 0 radical (unpaired) electrons. The van der Waals surface area contributed by atoms with Gasteiger partial charge in [-0.15, -0.1) is 10.2 Å². The molecule has 1 aliphatic heterocycles. The van der Waals surface area contributed by atoms with E-state index in [0.29, 0.717) is 22.8 Å². The summed E-state index contributed by atoms with van der Waals surface area (Å²) < 4.78 is 5.72. The highest BCUT2D eigenvalue weighted by atomic mass is 32.2. The molecule has 1 amide bonds. The van der Waals surface area contributed by atoms with Gasteiger partial charge in [0.2, 0.25) is 11.8 Å². The predicted molar refractivity (Wildman–Crippen MR) is 104 cm³/mol. The fourth-order valence-electron chi connectivity index (χ4n) is 3.13. The van der Waals surface area contributed by atoms with Crippen molar-refractivity contribution >= 4 is 17.7 Å². The van der Waals surface area contributed by atoms with Gasteiger partial charge in [0.05, 0.1) is 5.75 Å². The lowest BCUT2D eigenvalue weighted by Crippen LogP contribution is -2.40. The van der Waals surface area contributed by atoms with Crippen molar-refractivity contribution in [1.29, 1.82) is 0 Å². The van der Waals surface area contributed by atoms with Crippen molar-refractivity contribution in [1.82, 2.24) is 15.1 Å². The van der Waals surface area contributed by atoms with E-state index in [0.717, 1.165) is 25.1 Å². The first-order valence-electron chi connectivity index (χ1n) is 9.18. The second-order valence-electron chi connectivity index (χ2n) is 8.08. The Morgan fingerprint density at radius 2 is 2.00 bits per heavy atom. The van der Waals surface area contributed by atoms with Crippen LogP contribution in [0.25, 0.3) is 11.5 Å². The largest absolute Gasteiger partial charge is 0.411 e. The molecule has 0 bridgehead atoms. The van der Waals surface area contributed by atoms with Gasteiger partial charge in [-0.05, 0) is 41.9 Å². The number of hydrogen-bond acceptors (Lipinski definition) is 5. The molecular weight excluding hydrogens is 346 g/mol. The third kappa shape index (κ3) is 4.67. The van der Waals surface area contributed by atoms with Crippen LogP contribution in [0.15, 0.2) is 33.9 Å². The van der Waals surface area contributed by atoms with E-state index in [-0.39, 0.29) is 11.3 Å². The normalized spacial score (nSPS) is 18.2. The summed E-state index contributed by atoms with van der Waals surface area (Å²) in [6.07, 6.45) is 2.30. The second-order valence-corrected chi connectivity index (χ2v) is 9.00. The average molecular weight is 374 g/mol. The third-order valence-electron chi connectivity index (χ3n) is 4.73. The van der Waals surface area contributed by atoms with Gasteiger partial charge in [0.1, 0.15) is 0 Å². The molecule has 2 aromatic rings. The first kappa shape index (κ1) is 19.0. The van der Waals surface area contributed by atoms with Crippen LogP contribution in [0.1, 0.15) is 46.1 Å². The zero-order valence-corrected chi connectivity index (χ0v) is 16.8. The van der Waals surface area contributed by atoms with Gasteiger partial charge in [-0.3, -0.25) is 4.79 Å². The van der Waals surface area contributed by atoms with Crippen LogP contribution in [-0.4, -0.2) is 39.8 Å². The number of thioether (sulfide) groups is 1. The molecule has 3 rings (SSSR count). The summed E-state index contributed by atoms with van der Waals surface area (Å²) in [5, 5.41) is 8.63.